The first-order chi connectivity index (χ1) is 7.09. The van der Waals surface area contributed by atoms with Crippen molar-refractivity contribution in [2.75, 3.05) is 6.54 Å². The zero-order valence-electron chi connectivity index (χ0n) is 8.00. The van der Waals surface area contributed by atoms with Crippen molar-refractivity contribution in [2.24, 2.45) is 5.73 Å². The molecule has 1 aromatic carbocycles. The highest BCUT2D eigenvalue weighted by Gasteiger charge is 2.05. The smallest absolute Gasteiger partial charge is 0.251 e. The lowest BCUT2D eigenvalue weighted by molar-refractivity contribution is 0.0954. The molecule has 0 fully saturated rings. The van der Waals surface area contributed by atoms with E-state index in [2.05, 4.69) is 17.5 Å². The second-order valence-electron chi connectivity index (χ2n) is 2.98. The monoisotopic (exact) mass is 226 g/mol. The number of nitrogens with one attached hydrogen (secondary N) is 1. The number of carbonyl (C=O) groups is 1. The van der Waals surface area contributed by atoms with E-state index in [9.17, 15) is 9.18 Å². The molecule has 1 amide bonds. The van der Waals surface area contributed by atoms with Gasteiger partial charge in [0, 0.05) is 18.5 Å². The maximum absolute atomic E-state index is 12.8. The number of nitrogens with two attached hydrogens (primary N) is 1. The standard InChI is InChI=1S/C10H11FN2OS/c11-8-3-1-2-7(6-8)10(14)13-5-4-9(12)15/h1-3,6H,4-5H2,(H2,12,15)(H,13,14). The molecule has 1 aromatic rings. The Morgan fingerprint density at radius 3 is 2.87 bits per heavy atom. The average molecular weight is 226 g/mol. The lowest BCUT2D eigenvalue weighted by Gasteiger charge is -2.04. The Morgan fingerprint density at radius 2 is 2.27 bits per heavy atom. The van der Waals surface area contributed by atoms with E-state index in [-0.39, 0.29) is 11.5 Å². The average Bonchev–Trinajstić information content (AvgIpc) is 2.17. The second kappa shape index (κ2) is 5.41. The van der Waals surface area contributed by atoms with Crippen molar-refractivity contribution in [1.82, 2.24) is 5.32 Å². The fourth-order valence-electron chi connectivity index (χ4n) is 1.03. The van der Waals surface area contributed by atoms with E-state index in [4.69, 9.17) is 5.73 Å². The maximum atomic E-state index is 12.8. The Kier molecular flexibility index (Phi) is 4.17. The highest BCUT2D eigenvalue weighted by molar-refractivity contribution is 7.80. The largest absolute Gasteiger partial charge is 0.393 e. The van der Waals surface area contributed by atoms with Crippen LogP contribution < -0.4 is 11.1 Å². The molecule has 15 heavy (non-hydrogen) atoms. The zero-order chi connectivity index (χ0) is 11.3. The maximum Gasteiger partial charge on any atom is 0.251 e. The number of hydrogen-bond acceptors (Lipinski definition) is 2. The molecule has 0 aliphatic carbocycles. The van der Waals surface area contributed by atoms with Crippen LogP contribution in [0.4, 0.5) is 4.39 Å². The minimum absolute atomic E-state index is 0.290. The van der Waals surface area contributed by atoms with Crippen LogP contribution >= 0.6 is 12.2 Å². The van der Waals surface area contributed by atoms with E-state index in [1.807, 2.05) is 0 Å². The summed E-state index contributed by atoms with van der Waals surface area (Å²) >= 11 is 4.65. The summed E-state index contributed by atoms with van der Waals surface area (Å²) in [6.07, 6.45) is 0.441. The quantitative estimate of drug-likeness (QED) is 0.759. The zero-order valence-corrected chi connectivity index (χ0v) is 8.81. The molecular formula is C10H11FN2OS. The van der Waals surface area contributed by atoms with Gasteiger partial charge in [0.15, 0.2) is 0 Å². The van der Waals surface area contributed by atoms with Gasteiger partial charge >= 0.3 is 0 Å². The molecule has 0 saturated carbocycles. The van der Waals surface area contributed by atoms with Crippen LogP contribution in [0, 0.1) is 5.82 Å². The topological polar surface area (TPSA) is 55.1 Å². The van der Waals surface area contributed by atoms with Crippen molar-refractivity contribution >= 4 is 23.1 Å². The molecule has 3 N–H and O–H groups in total. The Labute approximate surface area is 92.5 Å². The molecule has 0 bridgehead atoms. The Balaban J connectivity index is 2.50. The fourth-order valence-corrected chi connectivity index (χ4v) is 1.13. The van der Waals surface area contributed by atoms with Crippen molar-refractivity contribution in [3.63, 3.8) is 0 Å². The highest BCUT2D eigenvalue weighted by Crippen LogP contribution is 2.02. The third-order valence-electron chi connectivity index (χ3n) is 1.74. The van der Waals surface area contributed by atoms with Gasteiger partial charge in [-0.2, -0.15) is 0 Å². The van der Waals surface area contributed by atoms with E-state index in [0.29, 0.717) is 18.0 Å². The molecule has 0 saturated heterocycles. The summed E-state index contributed by atoms with van der Waals surface area (Å²) in [7, 11) is 0. The summed E-state index contributed by atoms with van der Waals surface area (Å²) in [6.45, 7) is 0.366. The molecular weight excluding hydrogens is 215 g/mol. The fraction of sp³-hybridized carbons (Fsp3) is 0.200. The molecule has 80 valence electrons. The molecule has 0 unspecified atom stereocenters. The van der Waals surface area contributed by atoms with E-state index in [1.54, 1.807) is 6.07 Å². The molecule has 3 nitrogen and oxygen atoms in total. The first-order valence-electron chi connectivity index (χ1n) is 4.41. The molecule has 0 aromatic heterocycles. The van der Waals surface area contributed by atoms with Crippen molar-refractivity contribution < 1.29 is 9.18 Å². The van der Waals surface area contributed by atoms with Gasteiger partial charge in [0.2, 0.25) is 0 Å². The number of rotatable bonds is 4. The number of thiocarbonyl (C=S) groups is 1. The van der Waals surface area contributed by atoms with E-state index >= 15 is 0 Å². The number of amides is 1. The summed E-state index contributed by atoms with van der Waals surface area (Å²) < 4.78 is 12.8. The first kappa shape index (κ1) is 11.6. The molecule has 0 heterocycles. The Hall–Kier alpha value is -1.49. The predicted octanol–water partition coefficient (Wildman–Crippen LogP) is 1.23. The summed E-state index contributed by atoms with van der Waals surface area (Å²) in [4.78, 5) is 11.8. The van der Waals surface area contributed by atoms with Crippen LogP contribution in [-0.2, 0) is 0 Å². The molecule has 0 radical (unpaired) electrons. The lowest BCUT2D eigenvalue weighted by atomic mass is 10.2. The Bertz CT molecular complexity index is 381. The highest BCUT2D eigenvalue weighted by atomic mass is 32.1. The Morgan fingerprint density at radius 1 is 1.53 bits per heavy atom. The number of benzene rings is 1. The van der Waals surface area contributed by atoms with Gasteiger partial charge in [-0.15, -0.1) is 0 Å². The number of halogens is 1. The van der Waals surface area contributed by atoms with Crippen LogP contribution in [0.25, 0.3) is 0 Å². The van der Waals surface area contributed by atoms with Crippen molar-refractivity contribution in [2.45, 2.75) is 6.42 Å². The molecule has 0 aliphatic heterocycles. The second-order valence-corrected chi connectivity index (χ2v) is 3.51. The van der Waals surface area contributed by atoms with Crippen LogP contribution in [-0.4, -0.2) is 17.4 Å². The van der Waals surface area contributed by atoms with Gasteiger partial charge in [0.25, 0.3) is 5.91 Å². The summed E-state index contributed by atoms with van der Waals surface area (Å²) in [5.41, 5.74) is 5.55. The number of hydrogen-bond donors (Lipinski definition) is 2. The van der Waals surface area contributed by atoms with Gasteiger partial charge in [-0.1, -0.05) is 18.3 Å². The van der Waals surface area contributed by atoms with Gasteiger partial charge < -0.3 is 11.1 Å². The van der Waals surface area contributed by atoms with E-state index < -0.39 is 5.82 Å². The van der Waals surface area contributed by atoms with Gasteiger partial charge in [-0.05, 0) is 18.2 Å². The third-order valence-corrected chi connectivity index (χ3v) is 1.95. The van der Waals surface area contributed by atoms with E-state index in [1.165, 1.54) is 18.2 Å². The summed E-state index contributed by atoms with van der Waals surface area (Å²) in [5.74, 6) is -0.761. The summed E-state index contributed by atoms with van der Waals surface area (Å²) in [6, 6.07) is 5.49. The van der Waals surface area contributed by atoms with Crippen LogP contribution in [0.5, 0.6) is 0 Å². The van der Waals surface area contributed by atoms with Crippen molar-refractivity contribution in [3.8, 4) is 0 Å². The normalized spacial score (nSPS) is 9.67. The minimum Gasteiger partial charge on any atom is -0.393 e. The molecule has 0 spiro atoms. The number of carbonyl (C=O) groups excluding carboxylic acids is 1. The first-order valence-corrected chi connectivity index (χ1v) is 4.82. The van der Waals surface area contributed by atoms with Crippen LogP contribution in [0.1, 0.15) is 16.8 Å². The SMILES string of the molecule is NC(=S)CCNC(=O)c1cccc(F)c1. The van der Waals surface area contributed by atoms with Crippen molar-refractivity contribution in [1.29, 1.82) is 0 Å². The van der Waals surface area contributed by atoms with Gasteiger partial charge in [-0.3, -0.25) is 4.79 Å². The van der Waals surface area contributed by atoms with Crippen LogP contribution in [0.2, 0.25) is 0 Å². The van der Waals surface area contributed by atoms with Crippen LogP contribution in [0.15, 0.2) is 24.3 Å². The molecule has 0 atom stereocenters. The molecule has 1 rings (SSSR count). The van der Waals surface area contributed by atoms with E-state index in [0.717, 1.165) is 0 Å². The predicted molar refractivity (Wildman–Crippen MR) is 60.1 cm³/mol. The molecule has 0 aliphatic rings. The minimum atomic E-state index is -0.433. The van der Waals surface area contributed by atoms with Crippen LogP contribution in [0.3, 0.4) is 0 Å². The van der Waals surface area contributed by atoms with Gasteiger partial charge in [0.1, 0.15) is 5.82 Å². The summed E-state index contributed by atoms with van der Waals surface area (Å²) in [5, 5.41) is 2.58. The van der Waals surface area contributed by atoms with Gasteiger partial charge in [0.05, 0.1) is 4.99 Å². The molecule has 5 heteroatoms. The third kappa shape index (κ3) is 4.03. The van der Waals surface area contributed by atoms with Gasteiger partial charge in [-0.25, -0.2) is 4.39 Å². The lowest BCUT2D eigenvalue weighted by Crippen LogP contribution is -2.27. The van der Waals surface area contributed by atoms with Crippen molar-refractivity contribution in [3.05, 3.63) is 35.6 Å².